The first-order chi connectivity index (χ1) is 9.29. The van der Waals surface area contributed by atoms with Crippen molar-refractivity contribution in [2.75, 3.05) is 20.3 Å². The molecule has 2 atom stereocenters. The highest BCUT2D eigenvalue weighted by Crippen LogP contribution is 2.27. The maximum Gasteiger partial charge on any atom is 0.310 e. The van der Waals surface area contributed by atoms with Gasteiger partial charge in [-0.05, 0) is 7.05 Å². The maximum atomic E-state index is 11.2. The van der Waals surface area contributed by atoms with E-state index < -0.39 is 11.9 Å². The van der Waals surface area contributed by atoms with Crippen molar-refractivity contribution in [3.63, 3.8) is 0 Å². The molecule has 1 N–H and O–H groups in total. The predicted octanol–water partition coefficient (Wildman–Crippen LogP) is 1.97. The van der Waals surface area contributed by atoms with Gasteiger partial charge in [0, 0.05) is 23.4 Å². The molecule has 2 unspecified atom stereocenters. The average Bonchev–Trinajstić information content (AvgIpc) is 2.95. The third-order valence-corrected chi connectivity index (χ3v) is 4.86. The molecule has 0 aliphatic carbocycles. The molecule has 2 rings (SSSR count). The smallest absolute Gasteiger partial charge is 0.310 e. The zero-order valence-electron chi connectivity index (χ0n) is 12.4. The minimum atomic E-state index is -0.784. The lowest BCUT2D eigenvalue weighted by atomic mass is 9.98. The van der Waals surface area contributed by atoms with E-state index in [-0.39, 0.29) is 11.5 Å². The summed E-state index contributed by atoms with van der Waals surface area (Å²) in [6, 6.07) is -0.0766. The van der Waals surface area contributed by atoms with E-state index in [1.54, 1.807) is 11.3 Å². The number of carbonyl (C=O) groups is 1. The van der Waals surface area contributed by atoms with Crippen molar-refractivity contribution in [2.45, 2.75) is 38.8 Å². The summed E-state index contributed by atoms with van der Waals surface area (Å²) in [5, 5.41) is 12.4. The minimum absolute atomic E-state index is 0.0571. The lowest BCUT2D eigenvalue weighted by molar-refractivity contribution is -0.143. The molecule has 0 amide bonds. The van der Waals surface area contributed by atoms with E-state index >= 15 is 0 Å². The first kappa shape index (κ1) is 15.4. The van der Waals surface area contributed by atoms with Gasteiger partial charge >= 0.3 is 5.97 Å². The van der Waals surface area contributed by atoms with Crippen LogP contribution in [0.4, 0.5) is 0 Å². The van der Waals surface area contributed by atoms with Crippen molar-refractivity contribution in [3.05, 3.63) is 16.1 Å². The van der Waals surface area contributed by atoms with Gasteiger partial charge in [-0.25, -0.2) is 4.98 Å². The van der Waals surface area contributed by atoms with Crippen LogP contribution in [-0.2, 0) is 21.5 Å². The first-order valence-electron chi connectivity index (χ1n) is 6.74. The fraction of sp³-hybridized carbons (Fsp3) is 0.714. The number of rotatable bonds is 4. The largest absolute Gasteiger partial charge is 0.481 e. The molecule has 1 aliphatic rings. The molecule has 0 bridgehead atoms. The fourth-order valence-electron chi connectivity index (χ4n) is 2.31. The van der Waals surface area contributed by atoms with E-state index in [1.165, 1.54) is 0 Å². The van der Waals surface area contributed by atoms with Gasteiger partial charge in [0.1, 0.15) is 0 Å². The summed E-state index contributed by atoms with van der Waals surface area (Å²) >= 11 is 1.66. The molecule has 2 heterocycles. The van der Waals surface area contributed by atoms with Crippen LogP contribution in [0.2, 0.25) is 0 Å². The van der Waals surface area contributed by atoms with E-state index in [0.29, 0.717) is 19.8 Å². The number of hydrogen-bond acceptors (Lipinski definition) is 5. The van der Waals surface area contributed by atoms with Crippen molar-refractivity contribution < 1.29 is 14.6 Å². The lowest BCUT2D eigenvalue weighted by Gasteiger charge is -2.25. The van der Waals surface area contributed by atoms with Crippen molar-refractivity contribution in [3.8, 4) is 0 Å². The fourth-order valence-corrected chi connectivity index (χ4v) is 3.21. The van der Waals surface area contributed by atoms with Crippen LogP contribution in [-0.4, -0.2) is 47.3 Å². The van der Waals surface area contributed by atoms with E-state index in [9.17, 15) is 9.90 Å². The number of aromatic nitrogens is 1. The summed E-state index contributed by atoms with van der Waals surface area (Å²) < 4.78 is 5.31. The van der Waals surface area contributed by atoms with E-state index in [2.05, 4.69) is 31.1 Å². The Labute approximate surface area is 123 Å². The number of nitrogens with zero attached hydrogens (tertiary/aromatic N) is 2. The molecule has 0 aromatic carbocycles. The summed E-state index contributed by atoms with van der Waals surface area (Å²) in [6.45, 7) is 7.86. The third kappa shape index (κ3) is 3.37. The van der Waals surface area contributed by atoms with Gasteiger partial charge in [-0.1, -0.05) is 20.8 Å². The van der Waals surface area contributed by atoms with Gasteiger partial charge in [-0.3, -0.25) is 9.69 Å². The Morgan fingerprint density at radius 1 is 1.55 bits per heavy atom. The normalized spacial score (nSPS) is 23.4. The summed E-state index contributed by atoms with van der Waals surface area (Å²) in [4.78, 5) is 17.9. The molecule has 1 aromatic heterocycles. The van der Waals surface area contributed by atoms with Crippen molar-refractivity contribution >= 4 is 17.3 Å². The Hall–Kier alpha value is -0.980. The van der Waals surface area contributed by atoms with Crippen molar-refractivity contribution in [2.24, 2.45) is 5.92 Å². The molecular weight excluding hydrogens is 276 g/mol. The highest BCUT2D eigenvalue weighted by atomic mass is 32.1. The Morgan fingerprint density at radius 2 is 2.25 bits per heavy atom. The maximum absolute atomic E-state index is 11.2. The van der Waals surface area contributed by atoms with Gasteiger partial charge in [0.25, 0.3) is 0 Å². The average molecular weight is 298 g/mol. The quantitative estimate of drug-likeness (QED) is 0.921. The Kier molecular flexibility index (Phi) is 4.46. The molecule has 1 aliphatic heterocycles. The third-order valence-electron chi connectivity index (χ3n) is 3.54. The molecule has 112 valence electrons. The molecular formula is C14H22N2O3S. The summed E-state index contributed by atoms with van der Waals surface area (Å²) in [7, 11) is 1.94. The second-order valence-corrected chi connectivity index (χ2v) is 7.22. The highest BCUT2D eigenvalue weighted by molar-refractivity contribution is 7.09. The van der Waals surface area contributed by atoms with Gasteiger partial charge in [0.2, 0.25) is 0 Å². The molecule has 1 saturated heterocycles. The van der Waals surface area contributed by atoms with Crippen LogP contribution >= 0.6 is 11.3 Å². The van der Waals surface area contributed by atoms with Crippen LogP contribution in [0.5, 0.6) is 0 Å². The van der Waals surface area contributed by atoms with Gasteiger partial charge in [0.15, 0.2) is 0 Å². The standard InChI is InChI=1S/C14H22N2O3S/c1-14(2,3)13-15-9(8-20-13)5-16(4)11-7-19-6-10(11)12(17)18/h8,10-11H,5-7H2,1-4H3,(H,17,18). The predicted molar refractivity (Wildman–Crippen MR) is 78.0 cm³/mol. The summed E-state index contributed by atoms with van der Waals surface area (Å²) in [5.74, 6) is -1.23. The number of carboxylic acids is 1. The topological polar surface area (TPSA) is 62.7 Å². The van der Waals surface area contributed by atoms with Crippen LogP contribution in [0.15, 0.2) is 5.38 Å². The Morgan fingerprint density at radius 3 is 2.80 bits per heavy atom. The first-order valence-corrected chi connectivity index (χ1v) is 7.62. The zero-order valence-corrected chi connectivity index (χ0v) is 13.2. The zero-order chi connectivity index (χ0) is 14.9. The van der Waals surface area contributed by atoms with Crippen LogP contribution in [0.1, 0.15) is 31.5 Å². The monoisotopic (exact) mass is 298 g/mol. The Balaban J connectivity index is 2.02. The van der Waals surface area contributed by atoms with Crippen LogP contribution in [0.3, 0.4) is 0 Å². The number of carboxylic acid groups (broad SMARTS) is 1. The van der Waals surface area contributed by atoms with E-state index in [4.69, 9.17) is 4.74 Å². The van der Waals surface area contributed by atoms with Gasteiger partial charge in [0.05, 0.1) is 29.8 Å². The van der Waals surface area contributed by atoms with Crippen LogP contribution in [0.25, 0.3) is 0 Å². The second kappa shape index (κ2) is 5.79. The van der Waals surface area contributed by atoms with Crippen LogP contribution < -0.4 is 0 Å². The van der Waals surface area contributed by atoms with E-state index in [0.717, 1.165) is 10.7 Å². The number of hydrogen-bond donors (Lipinski definition) is 1. The lowest BCUT2D eigenvalue weighted by Crippen LogP contribution is -2.40. The molecule has 6 heteroatoms. The summed E-state index contributed by atoms with van der Waals surface area (Å²) in [6.07, 6.45) is 0. The molecule has 20 heavy (non-hydrogen) atoms. The van der Waals surface area contributed by atoms with Crippen LogP contribution in [0, 0.1) is 5.92 Å². The molecule has 5 nitrogen and oxygen atoms in total. The minimum Gasteiger partial charge on any atom is -0.481 e. The van der Waals surface area contributed by atoms with Gasteiger partial charge < -0.3 is 9.84 Å². The number of likely N-dealkylation sites (N-methyl/N-ethyl adjacent to an activating group) is 1. The SMILES string of the molecule is CN(Cc1csc(C(C)(C)C)n1)C1COCC1C(=O)O. The second-order valence-electron chi connectivity index (χ2n) is 6.36. The number of aliphatic carboxylic acids is 1. The van der Waals surface area contributed by atoms with Crippen molar-refractivity contribution in [1.82, 2.24) is 9.88 Å². The summed E-state index contributed by atoms with van der Waals surface area (Å²) in [5.41, 5.74) is 1.06. The number of thiazole rings is 1. The van der Waals surface area contributed by atoms with Gasteiger partial charge in [-0.2, -0.15) is 0 Å². The molecule has 0 radical (unpaired) electrons. The van der Waals surface area contributed by atoms with E-state index in [1.807, 2.05) is 11.9 Å². The van der Waals surface area contributed by atoms with Crippen molar-refractivity contribution in [1.29, 1.82) is 0 Å². The number of ether oxygens (including phenoxy) is 1. The molecule has 1 fully saturated rings. The highest BCUT2D eigenvalue weighted by Gasteiger charge is 2.36. The van der Waals surface area contributed by atoms with Gasteiger partial charge in [-0.15, -0.1) is 11.3 Å². The molecule has 0 saturated carbocycles. The Bertz CT molecular complexity index is 481. The molecule has 0 spiro atoms. The molecule has 1 aromatic rings.